The predicted molar refractivity (Wildman–Crippen MR) is 112 cm³/mol. The minimum Gasteiger partial charge on any atom is -0.381 e. The van der Waals surface area contributed by atoms with Crippen LogP contribution in [-0.4, -0.2) is 44.5 Å². The summed E-state index contributed by atoms with van der Waals surface area (Å²) in [5, 5.41) is 3.82. The molecule has 0 atom stereocenters. The van der Waals surface area contributed by atoms with Crippen molar-refractivity contribution in [3.63, 3.8) is 0 Å². The van der Waals surface area contributed by atoms with Crippen molar-refractivity contribution in [1.82, 2.24) is 9.88 Å². The van der Waals surface area contributed by atoms with E-state index in [2.05, 4.69) is 38.2 Å². The summed E-state index contributed by atoms with van der Waals surface area (Å²) in [4.78, 5) is 5.45. The molecule has 0 saturated carbocycles. The van der Waals surface area contributed by atoms with Gasteiger partial charge in [-0.05, 0) is 85.3 Å². The number of likely N-dealkylation sites (tertiary alicyclic amines) is 1. The van der Waals surface area contributed by atoms with Crippen LogP contribution >= 0.6 is 15.9 Å². The van der Waals surface area contributed by atoms with Gasteiger partial charge in [-0.2, -0.15) is 0 Å². The fourth-order valence-corrected chi connectivity index (χ4v) is 5.38. The number of sulfone groups is 1. The molecule has 0 amide bonds. The summed E-state index contributed by atoms with van der Waals surface area (Å²) in [6.45, 7) is 2.02. The molecule has 0 bridgehead atoms. The Morgan fingerprint density at radius 3 is 2.68 bits per heavy atom. The normalized spacial score (nSPS) is 16.5. The van der Waals surface area contributed by atoms with Crippen LogP contribution in [0.2, 0.25) is 0 Å². The number of aromatic amines is 1. The quantitative estimate of drug-likeness (QED) is 0.598. The van der Waals surface area contributed by atoms with Crippen LogP contribution in [-0.2, 0) is 9.84 Å². The maximum Gasteiger partial charge on any atom is 0.208 e. The topological polar surface area (TPSA) is 65.2 Å². The maximum absolute atomic E-state index is 13.7. The average Bonchev–Trinajstić information content (AvgIpc) is 3.09. The second kappa shape index (κ2) is 7.50. The second-order valence-electron chi connectivity index (χ2n) is 7.21. The average molecular weight is 466 g/mol. The molecule has 0 radical (unpaired) electrons. The Morgan fingerprint density at radius 1 is 1.18 bits per heavy atom. The number of piperidine rings is 1. The Bertz CT molecular complexity index is 1120. The number of halogens is 2. The zero-order valence-electron chi connectivity index (χ0n) is 15.4. The van der Waals surface area contributed by atoms with Crippen LogP contribution in [0.3, 0.4) is 0 Å². The first kappa shape index (κ1) is 19.4. The zero-order chi connectivity index (χ0) is 19.9. The molecule has 1 aromatic heterocycles. The van der Waals surface area contributed by atoms with Crippen molar-refractivity contribution < 1.29 is 12.8 Å². The van der Waals surface area contributed by atoms with E-state index >= 15 is 0 Å². The van der Waals surface area contributed by atoms with Gasteiger partial charge in [0.15, 0.2) is 0 Å². The van der Waals surface area contributed by atoms with E-state index in [1.54, 1.807) is 24.3 Å². The number of fused-ring (bicyclic) bond motifs is 1. The Morgan fingerprint density at radius 2 is 1.93 bits per heavy atom. The third-order valence-corrected chi connectivity index (χ3v) is 7.70. The lowest BCUT2D eigenvalue weighted by atomic mass is 10.1. The Labute approximate surface area is 172 Å². The van der Waals surface area contributed by atoms with Crippen LogP contribution in [0.5, 0.6) is 0 Å². The third-order valence-electron chi connectivity index (χ3n) is 5.22. The van der Waals surface area contributed by atoms with Crippen LogP contribution in [0.15, 0.2) is 56.9 Å². The monoisotopic (exact) mass is 465 g/mol. The standard InChI is InChI=1S/C20H21BrFN3O2S/c1-25-8-6-14(7-9-25)24-19-11-15(3-4-17(19)21)28(26,27)20-12-23-18-5-2-13(22)10-16(18)20/h2-5,10-12,14,23-24H,6-9H2,1H3. The highest BCUT2D eigenvalue weighted by atomic mass is 79.9. The van der Waals surface area contributed by atoms with E-state index in [1.807, 2.05) is 0 Å². The SMILES string of the molecule is CN1CCC(Nc2cc(S(=O)(=O)c3c[nH]c4ccc(F)cc34)ccc2Br)CC1. The molecular weight excluding hydrogens is 445 g/mol. The van der Waals surface area contributed by atoms with Crippen molar-refractivity contribution in [3.8, 4) is 0 Å². The fourth-order valence-electron chi connectivity index (χ4n) is 3.57. The molecule has 0 aliphatic carbocycles. The van der Waals surface area contributed by atoms with E-state index < -0.39 is 15.7 Å². The molecule has 2 heterocycles. The molecule has 2 aromatic carbocycles. The highest BCUT2D eigenvalue weighted by Crippen LogP contribution is 2.33. The van der Waals surface area contributed by atoms with Crippen LogP contribution in [0.25, 0.3) is 10.9 Å². The molecule has 3 aromatic rings. The van der Waals surface area contributed by atoms with E-state index in [1.165, 1.54) is 18.3 Å². The van der Waals surface area contributed by atoms with Gasteiger partial charge in [0.1, 0.15) is 5.82 Å². The first-order valence-corrected chi connectivity index (χ1v) is 11.4. The molecule has 148 valence electrons. The summed E-state index contributed by atoms with van der Waals surface area (Å²) in [5.74, 6) is -0.469. The molecule has 0 spiro atoms. The first-order chi connectivity index (χ1) is 13.3. The number of nitrogens with one attached hydrogen (secondary N) is 2. The van der Waals surface area contributed by atoms with Gasteiger partial charge < -0.3 is 15.2 Å². The lowest BCUT2D eigenvalue weighted by molar-refractivity contribution is 0.264. The van der Waals surface area contributed by atoms with Crippen molar-refractivity contribution in [2.24, 2.45) is 0 Å². The summed E-state index contributed by atoms with van der Waals surface area (Å²) in [6, 6.07) is 9.34. The van der Waals surface area contributed by atoms with Gasteiger partial charge in [0, 0.05) is 33.3 Å². The molecule has 28 heavy (non-hydrogen) atoms. The highest BCUT2D eigenvalue weighted by molar-refractivity contribution is 9.10. The molecular formula is C20H21BrFN3O2S. The van der Waals surface area contributed by atoms with E-state index in [0.29, 0.717) is 16.9 Å². The number of nitrogens with zero attached hydrogens (tertiary/aromatic N) is 1. The number of anilines is 1. The third kappa shape index (κ3) is 3.68. The maximum atomic E-state index is 13.7. The van der Waals surface area contributed by atoms with Gasteiger partial charge in [-0.25, -0.2) is 12.8 Å². The second-order valence-corrected chi connectivity index (χ2v) is 9.98. The van der Waals surface area contributed by atoms with E-state index in [0.717, 1.165) is 36.1 Å². The number of benzene rings is 2. The van der Waals surface area contributed by atoms with Crippen molar-refractivity contribution in [2.75, 3.05) is 25.5 Å². The summed E-state index contributed by atoms with van der Waals surface area (Å²) in [6.07, 6.45) is 3.43. The molecule has 0 unspecified atom stereocenters. The van der Waals surface area contributed by atoms with Gasteiger partial charge in [-0.1, -0.05) is 0 Å². The minimum absolute atomic E-state index is 0.0783. The Hall–Kier alpha value is -1.90. The fraction of sp³-hybridized carbons (Fsp3) is 0.300. The van der Waals surface area contributed by atoms with Gasteiger partial charge in [-0.3, -0.25) is 0 Å². The molecule has 2 N–H and O–H groups in total. The summed E-state index contributed by atoms with van der Waals surface area (Å²) >= 11 is 3.51. The smallest absolute Gasteiger partial charge is 0.208 e. The predicted octanol–water partition coefficient (Wildman–Crippen LogP) is 4.41. The number of rotatable bonds is 4. The first-order valence-electron chi connectivity index (χ1n) is 9.11. The van der Waals surface area contributed by atoms with Crippen LogP contribution < -0.4 is 5.32 Å². The minimum atomic E-state index is -3.79. The van der Waals surface area contributed by atoms with Gasteiger partial charge in [-0.15, -0.1) is 0 Å². The zero-order valence-corrected chi connectivity index (χ0v) is 17.8. The van der Waals surface area contributed by atoms with E-state index in [-0.39, 0.29) is 9.79 Å². The highest BCUT2D eigenvalue weighted by Gasteiger charge is 2.24. The molecule has 1 aliphatic heterocycles. The molecule has 1 saturated heterocycles. The van der Waals surface area contributed by atoms with Gasteiger partial charge in [0.25, 0.3) is 0 Å². The summed E-state index contributed by atoms with van der Waals surface area (Å²) in [5.41, 5.74) is 1.34. The molecule has 1 fully saturated rings. The van der Waals surface area contributed by atoms with E-state index in [9.17, 15) is 12.8 Å². The van der Waals surface area contributed by atoms with Gasteiger partial charge in [0.2, 0.25) is 9.84 Å². The van der Waals surface area contributed by atoms with Gasteiger partial charge >= 0.3 is 0 Å². The largest absolute Gasteiger partial charge is 0.381 e. The Balaban J connectivity index is 1.69. The molecule has 4 rings (SSSR count). The van der Waals surface area contributed by atoms with Crippen LogP contribution in [0.4, 0.5) is 10.1 Å². The van der Waals surface area contributed by atoms with Crippen molar-refractivity contribution in [2.45, 2.75) is 28.7 Å². The van der Waals surface area contributed by atoms with Crippen molar-refractivity contribution in [3.05, 3.63) is 52.9 Å². The number of hydrogen-bond donors (Lipinski definition) is 2. The van der Waals surface area contributed by atoms with Crippen LogP contribution in [0, 0.1) is 5.82 Å². The summed E-state index contributed by atoms with van der Waals surface area (Å²) in [7, 11) is -1.69. The van der Waals surface area contributed by atoms with Crippen molar-refractivity contribution >= 4 is 42.4 Å². The molecule has 1 aliphatic rings. The van der Waals surface area contributed by atoms with Crippen LogP contribution in [0.1, 0.15) is 12.8 Å². The summed E-state index contributed by atoms with van der Waals surface area (Å²) < 4.78 is 40.9. The van der Waals surface area contributed by atoms with Gasteiger partial charge in [0.05, 0.1) is 9.79 Å². The van der Waals surface area contributed by atoms with Crippen molar-refractivity contribution in [1.29, 1.82) is 0 Å². The Kier molecular flexibility index (Phi) is 5.20. The van der Waals surface area contributed by atoms with E-state index in [4.69, 9.17) is 0 Å². The number of H-pyrrole nitrogens is 1. The molecule has 5 nitrogen and oxygen atoms in total. The lowest BCUT2D eigenvalue weighted by Gasteiger charge is -2.30. The number of hydrogen-bond acceptors (Lipinski definition) is 4. The molecule has 8 heteroatoms. The lowest BCUT2D eigenvalue weighted by Crippen LogP contribution is -2.36. The number of aromatic nitrogens is 1.